The van der Waals surface area contributed by atoms with Gasteiger partial charge >= 0.3 is 0 Å². The van der Waals surface area contributed by atoms with E-state index in [0.717, 1.165) is 25.8 Å². The smallest absolute Gasteiger partial charge is 0.274 e. The lowest BCUT2D eigenvalue weighted by Crippen LogP contribution is -2.48. The highest BCUT2D eigenvalue weighted by molar-refractivity contribution is 5.92. The van der Waals surface area contributed by atoms with Crippen LogP contribution in [-0.4, -0.2) is 77.9 Å². The highest BCUT2D eigenvalue weighted by Gasteiger charge is 2.23. The number of aryl methyl sites for hydroxylation is 1. The number of fused-ring (bicyclic) bond motifs is 1. The molecular formula is C26H29F2N9O. The molecule has 0 bridgehead atoms. The fourth-order valence-corrected chi connectivity index (χ4v) is 4.73. The van der Waals surface area contributed by atoms with Crippen LogP contribution in [0.15, 0.2) is 30.7 Å². The second kappa shape index (κ2) is 10.4. The van der Waals surface area contributed by atoms with Gasteiger partial charge in [-0.2, -0.15) is 0 Å². The number of halogens is 2. The Morgan fingerprint density at radius 2 is 1.76 bits per heavy atom. The minimum atomic E-state index is -0.697. The molecule has 1 saturated heterocycles. The van der Waals surface area contributed by atoms with Gasteiger partial charge in [-0.1, -0.05) is 6.92 Å². The second-order valence-electron chi connectivity index (χ2n) is 9.48. The van der Waals surface area contributed by atoms with Crippen molar-refractivity contribution in [2.24, 2.45) is 0 Å². The molecule has 1 aliphatic heterocycles. The van der Waals surface area contributed by atoms with Crippen molar-refractivity contribution in [3.63, 3.8) is 0 Å². The molecule has 0 spiro atoms. The zero-order valence-electron chi connectivity index (χ0n) is 21.7. The van der Waals surface area contributed by atoms with Gasteiger partial charge in [-0.15, -0.1) is 0 Å². The largest absolute Gasteiger partial charge is 0.335 e. The molecule has 0 saturated carbocycles. The normalized spacial score (nSPS) is 14.4. The van der Waals surface area contributed by atoms with E-state index in [1.165, 1.54) is 18.5 Å². The number of carbonyl (C=O) groups is 1. The van der Waals surface area contributed by atoms with Gasteiger partial charge in [-0.25, -0.2) is 33.7 Å². The van der Waals surface area contributed by atoms with Gasteiger partial charge < -0.3 is 19.7 Å². The monoisotopic (exact) mass is 521 g/mol. The van der Waals surface area contributed by atoms with Crippen molar-refractivity contribution in [3.8, 4) is 11.3 Å². The van der Waals surface area contributed by atoms with Gasteiger partial charge in [-0.05, 0) is 39.4 Å². The predicted molar refractivity (Wildman–Crippen MR) is 139 cm³/mol. The van der Waals surface area contributed by atoms with E-state index in [1.807, 2.05) is 18.4 Å². The number of likely N-dealkylation sites (N-methyl/N-ethyl adjacent to an activating group) is 1. The number of carbonyl (C=O) groups excluding carboxylic acids is 1. The van der Waals surface area contributed by atoms with Gasteiger partial charge in [0.15, 0.2) is 17.5 Å². The van der Waals surface area contributed by atoms with E-state index in [2.05, 4.69) is 42.1 Å². The van der Waals surface area contributed by atoms with Crippen molar-refractivity contribution >= 4 is 28.7 Å². The van der Waals surface area contributed by atoms with Gasteiger partial charge in [0.05, 0.1) is 24.1 Å². The molecule has 198 valence electrons. The average molecular weight is 522 g/mol. The van der Waals surface area contributed by atoms with Crippen molar-refractivity contribution in [1.29, 1.82) is 0 Å². The molecule has 4 aromatic rings. The summed E-state index contributed by atoms with van der Waals surface area (Å²) in [5.41, 5.74) is 1.22. The number of anilines is 2. The van der Waals surface area contributed by atoms with Crippen molar-refractivity contribution in [2.75, 3.05) is 38.0 Å². The first-order valence-corrected chi connectivity index (χ1v) is 12.6. The summed E-state index contributed by atoms with van der Waals surface area (Å²) >= 11 is 0. The first kappa shape index (κ1) is 25.6. The molecule has 1 aliphatic rings. The molecular weight excluding hydrogens is 492 g/mol. The lowest BCUT2D eigenvalue weighted by Gasteiger charge is -2.33. The van der Waals surface area contributed by atoms with E-state index < -0.39 is 11.6 Å². The Hall–Kier alpha value is -4.06. The molecule has 12 heteroatoms. The maximum absolute atomic E-state index is 14.9. The Morgan fingerprint density at radius 1 is 1.00 bits per heavy atom. The van der Waals surface area contributed by atoms with Crippen LogP contribution in [0.1, 0.15) is 43.1 Å². The van der Waals surface area contributed by atoms with E-state index in [4.69, 9.17) is 0 Å². The minimum absolute atomic E-state index is 0.0384. The standard InChI is InChI=1S/C26H29F2N9O/c1-5-35-6-8-36(9-7-35)25(38)20-13-30-22(14-29-20)33-26-31-12-19(28)23(34-26)17-10-18(27)24-21(11-17)37(15(2)3)16(4)32-24/h10-15H,5-9H2,1-4H3,(H,30,31,33,34). The van der Waals surface area contributed by atoms with E-state index in [1.54, 1.807) is 17.9 Å². The summed E-state index contributed by atoms with van der Waals surface area (Å²) in [5, 5.41) is 2.88. The van der Waals surface area contributed by atoms with Crippen LogP contribution in [0, 0.1) is 18.6 Å². The number of aromatic nitrogens is 6. The molecule has 0 aliphatic carbocycles. The molecule has 1 aromatic carbocycles. The highest BCUT2D eigenvalue weighted by atomic mass is 19.1. The van der Waals surface area contributed by atoms with Crippen molar-refractivity contribution in [1.82, 2.24) is 39.3 Å². The molecule has 5 rings (SSSR count). The Kier molecular flexibility index (Phi) is 6.98. The Balaban J connectivity index is 1.37. The summed E-state index contributed by atoms with van der Waals surface area (Å²) in [4.78, 5) is 37.9. The highest BCUT2D eigenvalue weighted by Crippen LogP contribution is 2.30. The van der Waals surface area contributed by atoms with Gasteiger partial charge in [-0.3, -0.25) is 4.79 Å². The van der Waals surface area contributed by atoms with Crippen LogP contribution in [0.25, 0.3) is 22.3 Å². The summed E-state index contributed by atoms with van der Waals surface area (Å²) < 4.78 is 31.6. The number of amides is 1. The summed E-state index contributed by atoms with van der Waals surface area (Å²) in [7, 11) is 0. The fraction of sp³-hybridized carbons (Fsp3) is 0.385. The van der Waals surface area contributed by atoms with Gasteiger partial charge in [0.25, 0.3) is 5.91 Å². The maximum Gasteiger partial charge on any atom is 0.274 e. The van der Waals surface area contributed by atoms with E-state index in [-0.39, 0.29) is 46.2 Å². The molecule has 10 nitrogen and oxygen atoms in total. The number of nitrogens with one attached hydrogen (secondary N) is 1. The lowest BCUT2D eigenvalue weighted by molar-refractivity contribution is 0.0637. The number of nitrogens with zero attached hydrogens (tertiary/aromatic N) is 8. The van der Waals surface area contributed by atoms with E-state index >= 15 is 0 Å². The fourth-order valence-electron chi connectivity index (χ4n) is 4.73. The van der Waals surface area contributed by atoms with Gasteiger partial charge in [0.1, 0.15) is 22.7 Å². The minimum Gasteiger partial charge on any atom is -0.335 e. The van der Waals surface area contributed by atoms with Crippen molar-refractivity contribution in [2.45, 2.75) is 33.7 Å². The molecule has 1 N–H and O–H groups in total. The van der Waals surface area contributed by atoms with Crippen LogP contribution in [0.3, 0.4) is 0 Å². The van der Waals surface area contributed by atoms with E-state index in [9.17, 15) is 13.6 Å². The molecule has 1 amide bonds. The van der Waals surface area contributed by atoms with E-state index in [0.29, 0.717) is 24.4 Å². The van der Waals surface area contributed by atoms with Gasteiger partial charge in [0.2, 0.25) is 5.95 Å². The van der Waals surface area contributed by atoms with Crippen LogP contribution in [-0.2, 0) is 0 Å². The third-order valence-corrected chi connectivity index (χ3v) is 6.68. The zero-order valence-corrected chi connectivity index (χ0v) is 21.7. The Labute approximate surface area is 218 Å². The topological polar surface area (TPSA) is 105 Å². The molecule has 0 unspecified atom stereocenters. The average Bonchev–Trinajstić information content (AvgIpc) is 3.26. The number of hydrogen-bond acceptors (Lipinski definition) is 8. The second-order valence-corrected chi connectivity index (χ2v) is 9.48. The molecule has 4 heterocycles. The summed E-state index contributed by atoms with van der Waals surface area (Å²) in [6.07, 6.45) is 3.80. The van der Waals surface area contributed by atoms with Crippen LogP contribution >= 0.6 is 0 Å². The Bertz CT molecular complexity index is 1480. The maximum atomic E-state index is 14.9. The quantitative estimate of drug-likeness (QED) is 0.406. The van der Waals surface area contributed by atoms with Crippen molar-refractivity contribution in [3.05, 3.63) is 53.9 Å². The van der Waals surface area contributed by atoms with Crippen LogP contribution < -0.4 is 5.32 Å². The molecule has 3 aromatic heterocycles. The number of rotatable bonds is 6. The number of piperazine rings is 1. The number of imidazole rings is 1. The number of benzene rings is 1. The SMILES string of the molecule is CCN1CCN(C(=O)c2cnc(Nc3ncc(F)c(-c4cc(F)c5nc(C)n(C(C)C)c5c4)n3)cn2)CC1. The lowest BCUT2D eigenvalue weighted by atomic mass is 10.1. The summed E-state index contributed by atoms with van der Waals surface area (Å²) in [6.45, 7) is 11.7. The van der Waals surface area contributed by atoms with Crippen LogP contribution in [0.5, 0.6) is 0 Å². The predicted octanol–water partition coefficient (Wildman–Crippen LogP) is 3.97. The third kappa shape index (κ3) is 4.91. The summed E-state index contributed by atoms with van der Waals surface area (Å²) in [6, 6.07) is 2.93. The Morgan fingerprint density at radius 3 is 2.42 bits per heavy atom. The van der Waals surface area contributed by atoms with Crippen LogP contribution in [0.4, 0.5) is 20.5 Å². The third-order valence-electron chi connectivity index (χ3n) is 6.68. The first-order chi connectivity index (χ1) is 18.2. The summed E-state index contributed by atoms with van der Waals surface area (Å²) in [5.74, 6) is -0.426. The number of hydrogen-bond donors (Lipinski definition) is 1. The molecule has 1 fully saturated rings. The molecule has 0 atom stereocenters. The first-order valence-electron chi connectivity index (χ1n) is 12.6. The molecule has 0 radical (unpaired) electrons. The van der Waals surface area contributed by atoms with Crippen molar-refractivity contribution < 1.29 is 13.6 Å². The van der Waals surface area contributed by atoms with Gasteiger partial charge in [0, 0.05) is 37.8 Å². The zero-order chi connectivity index (χ0) is 27.0. The molecule has 38 heavy (non-hydrogen) atoms. The van der Waals surface area contributed by atoms with Crippen LogP contribution in [0.2, 0.25) is 0 Å².